The van der Waals surface area contributed by atoms with Gasteiger partial charge in [-0.1, -0.05) is 6.92 Å². The Labute approximate surface area is 115 Å². The van der Waals surface area contributed by atoms with Gasteiger partial charge in [0, 0.05) is 19.2 Å². The molecule has 0 aliphatic carbocycles. The van der Waals surface area contributed by atoms with E-state index in [1.54, 1.807) is 30.2 Å². The van der Waals surface area contributed by atoms with Crippen LogP contribution in [0.4, 0.5) is 0 Å². The predicted octanol–water partition coefficient (Wildman–Crippen LogP) is 2.97. The number of hydrogen-bond donors (Lipinski definition) is 0. The Bertz CT molecular complexity index is 414. The molecule has 1 amide bonds. The molecule has 0 unspecified atom stereocenters. The minimum Gasteiger partial charge on any atom is -0.497 e. The fourth-order valence-corrected chi connectivity index (χ4v) is 1.82. The summed E-state index contributed by atoms with van der Waals surface area (Å²) < 4.78 is 10.8. The molecule has 0 fully saturated rings. The smallest absolute Gasteiger partial charge is 0.257 e. The molecule has 0 radical (unpaired) electrons. The van der Waals surface area contributed by atoms with E-state index in [1.165, 1.54) is 0 Å². The van der Waals surface area contributed by atoms with Crippen LogP contribution in [-0.2, 0) is 0 Å². The Kier molecular flexibility index (Phi) is 6.19. The molecule has 1 aromatic rings. The molecule has 1 aromatic carbocycles. The van der Waals surface area contributed by atoms with Gasteiger partial charge in [-0.2, -0.15) is 0 Å². The number of hydrogen-bond acceptors (Lipinski definition) is 3. The lowest BCUT2D eigenvalue weighted by Gasteiger charge is -2.20. The van der Waals surface area contributed by atoms with E-state index in [0.717, 1.165) is 6.42 Å². The summed E-state index contributed by atoms with van der Waals surface area (Å²) in [5, 5.41) is 0. The van der Waals surface area contributed by atoms with E-state index in [9.17, 15) is 4.79 Å². The SMILES string of the molecule is CCCOc1cc(OC)ccc1C(=O)N(CC)CC. The molecule has 0 heterocycles. The van der Waals surface area contributed by atoms with Crippen LogP contribution in [-0.4, -0.2) is 37.6 Å². The van der Waals surface area contributed by atoms with Crippen molar-refractivity contribution in [2.45, 2.75) is 27.2 Å². The molecule has 4 nitrogen and oxygen atoms in total. The fourth-order valence-electron chi connectivity index (χ4n) is 1.82. The van der Waals surface area contributed by atoms with E-state index in [4.69, 9.17) is 9.47 Å². The maximum Gasteiger partial charge on any atom is 0.257 e. The van der Waals surface area contributed by atoms with Crippen molar-refractivity contribution in [3.63, 3.8) is 0 Å². The van der Waals surface area contributed by atoms with Crippen LogP contribution >= 0.6 is 0 Å². The molecule has 1 rings (SSSR count). The predicted molar refractivity (Wildman–Crippen MR) is 76.0 cm³/mol. The normalized spacial score (nSPS) is 10.1. The number of carbonyl (C=O) groups excluding carboxylic acids is 1. The van der Waals surface area contributed by atoms with Gasteiger partial charge in [0.25, 0.3) is 5.91 Å². The summed E-state index contributed by atoms with van der Waals surface area (Å²) in [6.07, 6.45) is 0.899. The topological polar surface area (TPSA) is 38.8 Å². The van der Waals surface area contributed by atoms with Crippen LogP contribution in [0.1, 0.15) is 37.6 Å². The van der Waals surface area contributed by atoms with Crippen LogP contribution < -0.4 is 9.47 Å². The first kappa shape index (κ1) is 15.3. The summed E-state index contributed by atoms with van der Waals surface area (Å²) >= 11 is 0. The summed E-state index contributed by atoms with van der Waals surface area (Å²) in [6, 6.07) is 5.33. The Hall–Kier alpha value is -1.71. The van der Waals surface area contributed by atoms with Crippen molar-refractivity contribution >= 4 is 5.91 Å². The largest absolute Gasteiger partial charge is 0.497 e. The third-order valence-electron chi connectivity index (χ3n) is 2.93. The van der Waals surface area contributed by atoms with Crippen LogP contribution in [0.5, 0.6) is 11.5 Å². The number of rotatable bonds is 7. The van der Waals surface area contributed by atoms with Crippen molar-refractivity contribution in [1.29, 1.82) is 0 Å². The Morgan fingerprint density at radius 3 is 2.42 bits per heavy atom. The summed E-state index contributed by atoms with van der Waals surface area (Å²) in [6.45, 7) is 7.94. The van der Waals surface area contributed by atoms with Gasteiger partial charge in [0.15, 0.2) is 0 Å². The highest BCUT2D eigenvalue weighted by molar-refractivity contribution is 5.97. The highest BCUT2D eigenvalue weighted by Gasteiger charge is 2.18. The molecule has 19 heavy (non-hydrogen) atoms. The molecule has 0 saturated heterocycles. The minimum absolute atomic E-state index is 0.00115. The molecule has 4 heteroatoms. The molecule has 0 N–H and O–H groups in total. The molecule has 106 valence electrons. The number of benzene rings is 1. The minimum atomic E-state index is -0.00115. The van der Waals surface area contributed by atoms with Gasteiger partial charge < -0.3 is 14.4 Å². The molecular weight excluding hydrogens is 242 g/mol. The number of ether oxygens (including phenoxy) is 2. The zero-order valence-electron chi connectivity index (χ0n) is 12.2. The quantitative estimate of drug-likeness (QED) is 0.761. The molecule has 0 aromatic heterocycles. The second-order valence-corrected chi connectivity index (χ2v) is 4.19. The van der Waals surface area contributed by atoms with Gasteiger partial charge in [-0.15, -0.1) is 0 Å². The summed E-state index contributed by atoms with van der Waals surface area (Å²) in [4.78, 5) is 14.2. The van der Waals surface area contributed by atoms with Gasteiger partial charge in [-0.05, 0) is 32.4 Å². The maximum atomic E-state index is 12.4. The van der Waals surface area contributed by atoms with Crippen molar-refractivity contribution in [3.05, 3.63) is 23.8 Å². The van der Waals surface area contributed by atoms with Crippen molar-refractivity contribution in [1.82, 2.24) is 4.90 Å². The summed E-state index contributed by atoms with van der Waals surface area (Å²) in [5.41, 5.74) is 0.595. The standard InChI is InChI=1S/C15H23NO3/c1-5-10-19-14-11-12(18-4)8-9-13(14)15(17)16(6-2)7-3/h8-9,11H,5-7,10H2,1-4H3. The van der Waals surface area contributed by atoms with E-state index in [1.807, 2.05) is 20.8 Å². The monoisotopic (exact) mass is 265 g/mol. The number of methoxy groups -OCH3 is 1. The number of amides is 1. The lowest BCUT2D eigenvalue weighted by molar-refractivity contribution is 0.0768. The first-order valence-electron chi connectivity index (χ1n) is 6.77. The summed E-state index contributed by atoms with van der Waals surface area (Å²) in [5.74, 6) is 1.29. The zero-order chi connectivity index (χ0) is 14.3. The Morgan fingerprint density at radius 1 is 1.21 bits per heavy atom. The third-order valence-corrected chi connectivity index (χ3v) is 2.93. The van der Waals surface area contributed by atoms with E-state index in [0.29, 0.717) is 36.8 Å². The molecule has 0 aliphatic rings. The molecule has 0 spiro atoms. The van der Waals surface area contributed by atoms with E-state index in [2.05, 4.69) is 0 Å². The number of carbonyl (C=O) groups is 1. The maximum absolute atomic E-state index is 12.4. The molecular formula is C15H23NO3. The van der Waals surface area contributed by atoms with Gasteiger partial charge in [-0.3, -0.25) is 4.79 Å². The zero-order valence-corrected chi connectivity index (χ0v) is 12.2. The molecule has 0 atom stereocenters. The van der Waals surface area contributed by atoms with Gasteiger partial charge in [-0.25, -0.2) is 0 Å². The highest BCUT2D eigenvalue weighted by Crippen LogP contribution is 2.26. The van der Waals surface area contributed by atoms with Gasteiger partial charge in [0.2, 0.25) is 0 Å². The summed E-state index contributed by atoms with van der Waals surface area (Å²) in [7, 11) is 1.60. The lowest BCUT2D eigenvalue weighted by Crippen LogP contribution is -2.30. The van der Waals surface area contributed by atoms with Crippen LogP contribution in [0.3, 0.4) is 0 Å². The average Bonchev–Trinajstić information content (AvgIpc) is 2.45. The second kappa shape index (κ2) is 7.67. The van der Waals surface area contributed by atoms with Crippen LogP contribution in [0.15, 0.2) is 18.2 Å². The average molecular weight is 265 g/mol. The van der Waals surface area contributed by atoms with Gasteiger partial charge >= 0.3 is 0 Å². The third kappa shape index (κ3) is 3.88. The van der Waals surface area contributed by atoms with Crippen molar-refractivity contribution in [2.75, 3.05) is 26.8 Å². The van der Waals surface area contributed by atoms with Crippen molar-refractivity contribution in [2.24, 2.45) is 0 Å². The Morgan fingerprint density at radius 2 is 1.89 bits per heavy atom. The Balaban J connectivity index is 3.06. The van der Waals surface area contributed by atoms with Crippen molar-refractivity contribution in [3.8, 4) is 11.5 Å². The molecule has 0 aliphatic heterocycles. The van der Waals surface area contributed by atoms with Crippen LogP contribution in [0.2, 0.25) is 0 Å². The van der Waals surface area contributed by atoms with E-state index in [-0.39, 0.29) is 5.91 Å². The lowest BCUT2D eigenvalue weighted by atomic mass is 10.1. The number of nitrogens with zero attached hydrogens (tertiary/aromatic N) is 1. The molecule has 0 bridgehead atoms. The molecule has 0 saturated carbocycles. The van der Waals surface area contributed by atoms with Crippen LogP contribution in [0, 0.1) is 0 Å². The van der Waals surface area contributed by atoms with E-state index < -0.39 is 0 Å². The van der Waals surface area contributed by atoms with Crippen molar-refractivity contribution < 1.29 is 14.3 Å². The fraction of sp³-hybridized carbons (Fsp3) is 0.533. The van der Waals surface area contributed by atoms with Crippen LogP contribution in [0.25, 0.3) is 0 Å². The first-order valence-corrected chi connectivity index (χ1v) is 6.77. The first-order chi connectivity index (χ1) is 9.17. The van der Waals surface area contributed by atoms with Gasteiger partial charge in [0.05, 0.1) is 19.3 Å². The van der Waals surface area contributed by atoms with Gasteiger partial charge in [0.1, 0.15) is 11.5 Å². The van der Waals surface area contributed by atoms with E-state index >= 15 is 0 Å². The highest BCUT2D eigenvalue weighted by atomic mass is 16.5. The second-order valence-electron chi connectivity index (χ2n) is 4.19.